The third-order valence-corrected chi connectivity index (χ3v) is 4.74. The maximum atomic E-state index is 14.4. The molecule has 2 saturated heterocycles. The van der Waals surface area contributed by atoms with Crippen LogP contribution in [0.25, 0.3) is 0 Å². The average molecular weight is 277 g/mol. The maximum absolute atomic E-state index is 14.4. The second-order valence-electron chi connectivity index (χ2n) is 6.29. The lowest BCUT2D eigenvalue weighted by Gasteiger charge is -2.43. The Kier molecular flexibility index (Phi) is 3.69. The predicted octanol–water partition coefficient (Wildman–Crippen LogP) is 2.52. The molecule has 0 aliphatic carbocycles. The first-order valence-corrected chi connectivity index (χ1v) is 7.62. The summed E-state index contributed by atoms with van der Waals surface area (Å²) in [5.74, 6) is -0.141. The lowest BCUT2D eigenvalue weighted by atomic mass is 10.0. The van der Waals surface area contributed by atoms with Gasteiger partial charge in [0.15, 0.2) is 0 Å². The minimum atomic E-state index is -0.141. The monoisotopic (exact) mass is 277 g/mol. The van der Waals surface area contributed by atoms with Crippen LogP contribution in [0.5, 0.6) is 0 Å². The minimum Gasteiger partial charge on any atom is -0.364 e. The molecule has 20 heavy (non-hydrogen) atoms. The molecule has 0 bridgehead atoms. The first kappa shape index (κ1) is 13.8. The Labute approximate surface area is 120 Å². The van der Waals surface area contributed by atoms with Crippen LogP contribution in [0.2, 0.25) is 0 Å². The molecule has 1 aromatic carbocycles. The quantitative estimate of drug-likeness (QED) is 0.901. The van der Waals surface area contributed by atoms with E-state index in [9.17, 15) is 4.39 Å². The molecule has 0 radical (unpaired) electrons. The number of halogens is 1. The second-order valence-corrected chi connectivity index (χ2v) is 6.29. The van der Waals surface area contributed by atoms with E-state index in [1.54, 1.807) is 6.07 Å². The number of rotatable bonds is 2. The van der Waals surface area contributed by atoms with Crippen LogP contribution in [-0.2, 0) is 0 Å². The molecule has 2 fully saturated rings. The zero-order chi connectivity index (χ0) is 14.3. The van der Waals surface area contributed by atoms with Gasteiger partial charge in [0.2, 0.25) is 0 Å². The zero-order valence-electron chi connectivity index (χ0n) is 12.3. The Morgan fingerprint density at radius 3 is 2.85 bits per heavy atom. The van der Waals surface area contributed by atoms with E-state index >= 15 is 0 Å². The highest BCUT2D eigenvalue weighted by Gasteiger charge is 2.35. The fourth-order valence-corrected chi connectivity index (χ4v) is 3.56. The number of benzene rings is 1. The van der Waals surface area contributed by atoms with Gasteiger partial charge in [0.1, 0.15) is 5.82 Å². The molecular weight excluding hydrogens is 253 g/mol. The number of fused-ring (bicyclic) bond motifs is 1. The lowest BCUT2D eigenvalue weighted by molar-refractivity contribution is 0.202. The van der Waals surface area contributed by atoms with Gasteiger partial charge >= 0.3 is 0 Å². The van der Waals surface area contributed by atoms with Crippen LogP contribution >= 0.6 is 0 Å². The summed E-state index contributed by atoms with van der Waals surface area (Å²) in [5.41, 5.74) is 7.41. The van der Waals surface area contributed by atoms with Crippen LogP contribution in [0.1, 0.15) is 38.3 Å². The van der Waals surface area contributed by atoms with E-state index in [0.717, 1.165) is 24.3 Å². The van der Waals surface area contributed by atoms with E-state index < -0.39 is 0 Å². The molecule has 1 aromatic rings. The van der Waals surface area contributed by atoms with Crippen molar-refractivity contribution in [2.45, 2.75) is 44.8 Å². The third kappa shape index (κ3) is 2.42. The van der Waals surface area contributed by atoms with E-state index in [4.69, 9.17) is 5.73 Å². The van der Waals surface area contributed by atoms with Gasteiger partial charge in [-0.15, -0.1) is 0 Å². The Bertz CT molecular complexity index is 489. The Morgan fingerprint density at radius 2 is 2.15 bits per heavy atom. The van der Waals surface area contributed by atoms with Crippen molar-refractivity contribution in [2.75, 3.05) is 24.5 Å². The summed E-state index contributed by atoms with van der Waals surface area (Å²) >= 11 is 0. The molecule has 3 atom stereocenters. The van der Waals surface area contributed by atoms with E-state index in [2.05, 4.69) is 16.7 Å². The molecule has 3 rings (SSSR count). The van der Waals surface area contributed by atoms with Crippen molar-refractivity contribution in [1.82, 2.24) is 4.90 Å². The van der Waals surface area contributed by atoms with Crippen molar-refractivity contribution in [1.29, 1.82) is 0 Å². The Hall–Kier alpha value is -1.13. The van der Waals surface area contributed by atoms with Crippen molar-refractivity contribution in [2.24, 2.45) is 5.73 Å². The standard InChI is InChI=1S/C16H24FN3/c1-11-9-19-7-3-4-14(19)10-20(11)16-6-5-13(12(2)18)8-15(16)17/h5-6,8,11-12,14H,3-4,7,9-10,18H2,1-2H3/t11?,12-,14?/m1/s1. The largest absolute Gasteiger partial charge is 0.364 e. The fourth-order valence-electron chi connectivity index (χ4n) is 3.56. The van der Waals surface area contributed by atoms with Gasteiger partial charge in [0.05, 0.1) is 5.69 Å². The summed E-state index contributed by atoms with van der Waals surface area (Å²) in [7, 11) is 0. The molecule has 2 unspecified atom stereocenters. The molecular formula is C16H24FN3. The molecule has 0 amide bonds. The van der Waals surface area contributed by atoms with Gasteiger partial charge in [0.25, 0.3) is 0 Å². The molecule has 2 N–H and O–H groups in total. The zero-order valence-corrected chi connectivity index (χ0v) is 12.3. The van der Waals surface area contributed by atoms with Crippen molar-refractivity contribution < 1.29 is 4.39 Å². The number of hydrogen-bond acceptors (Lipinski definition) is 3. The maximum Gasteiger partial charge on any atom is 0.146 e. The third-order valence-electron chi connectivity index (χ3n) is 4.74. The Balaban J connectivity index is 1.84. The average Bonchev–Trinajstić information content (AvgIpc) is 2.84. The highest BCUT2D eigenvalue weighted by molar-refractivity contribution is 5.51. The molecule has 2 aliphatic rings. The van der Waals surface area contributed by atoms with Crippen molar-refractivity contribution >= 4 is 5.69 Å². The number of anilines is 1. The molecule has 0 aromatic heterocycles. The van der Waals surface area contributed by atoms with E-state index in [-0.39, 0.29) is 11.9 Å². The molecule has 110 valence electrons. The smallest absolute Gasteiger partial charge is 0.146 e. The summed E-state index contributed by atoms with van der Waals surface area (Å²) in [6.07, 6.45) is 2.51. The van der Waals surface area contributed by atoms with E-state index in [1.807, 2.05) is 19.1 Å². The molecule has 3 nitrogen and oxygen atoms in total. The van der Waals surface area contributed by atoms with Gasteiger partial charge < -0.3 is 10.6 Å². The second kappa shape index (κ2) is 5.34. The fraction of sp³-hybridized carbons (Fsp3) is 0.625. The van der Waals surface area contributed by atoms with Crippen molar-refractivity contribution in [3.8, 4) is 0 Å². The van der Waals surface area contributed by atoms with Gasteiger partial charge in [-0.3, -0.25) is 4.90 Å². The number of nitrogens with two attached hydrogens (primary N) is 1. The summed E-state index contributed by atoms with van der Waals surface area (Å²) < 4.78 is 14.4. The summed E-state index contributed by atoms with van der Waals surface area (Å²) in [4.78, 5) is 4.78. The molecule has 4 heteroatoms. The van der Waals surface area contributed by atoms with Crippen LogP contribution in [0, 0.1) is 5.82 Å². The van der Waals surface area contributed by atoms with Crippen LogP contribution in [-0.4, -0.2) is 36.6 Å². The lowest BCUT2D eigenvalue weighted by Crippen LogP contribution is -2.55. The number of nitrogens with zero attached hydrogens (tertiary/aromatic N) is 2. The predicted molar refractivity (Wildman–Crippen MR) is 80.4 cm³/mol. The highest BCUT2D eigenvalue weighted by Crippen LogP contribution is 2.31. The van der Waals surface area contributed by atoms with Crippen LogP contribution in [0.15, 0.2) is 18.2 Å². The summed E-state index contributed by atoms with van der Waals surface area (Å²) in [6, 6.07) is 6.28. The number of piperazine rings is 1. The van der Waals surface area contributed by atoms with Crippen LogP contribution in [0.4, 0.5) is 10.1 Å². The van der Waals surface area contributed by atoms with Gasteiger partial charge in [-0.05, 0) is 50.9 Å². The first-order valence-electron chi connectivity index (χ1n) is 7.62. The normalized spacial score (nSPS) is 28.5. The van der Waals surface area contributed by atoms with Crippen LogP contribution in [0.3, 0.4) is 0 Å². The number of hydrogen-bond donors (Lipinski definition) is 1. The van der Waals surface area contributed by atoms with E-state index in [1.165, 1.54) is 19.4 Å². The van der Waals surface area contributed by atoms with Crippen molar-refractivity contribution in [3.63, 3.8) is 0 Å². The highest BCUT2D eigenvalue weighted by atomic mass is 19.1. The van der Waals surface area contributed by atoms with Crippen molar-refractivity contribution in [3.05, 3.63) is 29.6 Å². The van der Waals surface area contributed by atoms with Gasteiger partial charge in [-0.25, -0.2) is 4.39 Å². The van der Waals surface area contributed by atoms with E-state index in [0.29, 0.717) is 12.1 Å². The molecule has 2 heterocycles. The molecule has 0 spiro atoms. The van der Waals surface area contributed by atoms with Crippen LogP contribution < -0.4 is 10.6 Å². The topological polar surface area (TPSA) is 32.5 Å². The van der Waals surface area contributed by atoms with Gasteiger partial charge in [-0.2, -0.15) is 0 Å². The van der Waals surface area contributed by atoms with Gasteiger partial charge in [0, 0.05) is 31.2 Å². The Morgan fingerprint density at radius 1 is 1.35 bits per heavy atom. The minimum absolute atomic E-state index is 0.123. The molecule has 0 saturated carbocycles. The first-order chi connectivity index (χ1) is 9.56. The summed E-state index contributed by atoms with van der Waals surface area (Å²) in [6.45, 7) is 7.26. The summed E-state index contributed by atoms with van der Waals surface area (Å²) in [5, 5.41) is 0. The SMILES string of the molecule is CC1CN2CCCC2CN1c1ccc([C@@H](C)N)cc1F. The molecule has 2 aliphatic heterocycles. The van der Waals surface area contributed by atoms with Gasteiger partial charge in [-0.1, -0.05) is 6.07 Å².